The van der Waals surface area contributed by atoms with E-state index in [1.54, 1.807) is 42.5 Å². The second-order valence-electron chi connectivity index (χ2n) is 4.60. The van der Waals surface area contributed by atoms with E-state index < -0.39 is 23.2 Å². The number of ether oxygens (including phenoxy) is 1. The first kappa shape index (κ1) is 16.9. The number of ketones is 1. The minimum atomic E-state index is -1.74. The van der Waals surface area contributed by atoms with Gasteiger partial charge in [-0.15, -0.1) is 5.11 Å². The Kier molecular flexibility index (Phi) is 5.40. The van der Waals surface area contributed by atoms with Gasteiger partial charge in [-0.05, 0) is 36.4 Å². The number of azo groups is 1. The molecule has 2 N–H and O–H groups in total. The summed E-state index contributed by atoms with van der Waals surface area (Å²) in [5.41, 5.74) is -0.0281. The zero-order valence-electron chi connectivity index (χ0n) is 12.7. The predicted octanol–water partition coefficient (Wildman–Crippen LogP) is 3.36. The van der Waals surface area contributed by atoms with E-state index >= 15 is 0 Å². The fraction of sp³-hybridized carbons (Fsp3) is 0.0588. The summed E-state index contributed by atoms with van der Waals surface area (Å²) in [6, 6.07) is 14.5. The number of aliphatic hydroxyl groups excluding tert-OH is 1. The Morgan fingerprint density at radius 2 is 1.58 bits per heavy atom. The van der Waals surface area contributed by atoms with Crippen LogP contribution in [0.5, 0.6) is 5.75 Å². The van der Waals surface area contributed by atoms with E-state index in [1.807, 2.05) is 0 Å². The maximum Gasteiger partial charge on any atom is 0.379 e. The number of hydrogen-bond donors (Lipinski definition) is 2. The van der Waals surface area contributed by atoms with Crippen molar-refractivity contribution in [1.29, 1.82) is 0 Å². The lowest BCUT2D eigenvalue weighted by molar-refractivity contribution is -0.147. The van der Waals surface area contributed by atoms with Crippen molar-refractivity contribution in [3.05, 3.63) is 65.9 Å². The van der Waals surface area contributed by atoms with Gasteiger partial charge in [-0.3, -0.25) is 4.79 Å². The van der Waals surface area contributed by atoms with Gasteiger partial charge >= 0.3 is 5.97 Å². The number of aliphatic carboxylic acids is 1. The van der Waals surface area contributed by atoms with Crippen molar-refractivity contribution in [2.24, 2.45) is 10.2 Å². The van der Waals surface area contributed by atoms with Crippen molar-refractivity contribution in [3.8, 4) is 5.75 Å². The highest BCUT2D eigenvalue weighted by Gasteiger charge is 2.23. The fourth-order valence-corrected chi connectivity index (χ4v) is 1.79. The van der Waals surface area contributed by atoms with Crippen LogP contribution in [0, 0.1) is 0 Å². The first-order valence-electron chi connectivity index (χ1n) is 6.85. The van der Waals surface area contributed by atoms with E-state index in [2.05, 4.69) is 10.2 Å². The van der Waals surface area contributed by atoms with Crippen LogP contribution in [0.4, 0.5) is 5.69 Å². The molecule has 0 spiro atoms. The molecule has 0 radical (unpaired) electrons. The molecule has 0 heterocycles. The van der Waals surface area contributed by atoms with Crippen molar-refractivity contribution in [2.45, 2.75) is 0 Å². The molecule has 7 nitrogen and oxygen atoms in total. The molecule has 0 aliphatic heterocycles. The van der Waals surface area contributed by atoms with Crippen LogP contribution >= 0.6 is 0 Å². The van der Waals surface area contributed by atoms with Crippen LogP contribution in [0.1, 0.15) is 5.56 Å². The van der Waals surface area contributed by atoms with Crippen LogP contribution < -0.4 is 4.74 Å². The van der Waals surface area contributed by atoms with Crippen LogP contribution in [0.25, 0.3) is 5.76 Å². The summed E-state index contributed by atoms with van der Waals surface area (Å²) < 4.78 is 5.00. The van der Waals surface area contributed by atoms with E-state index in [4.69, 9.17) is 9.84 Å². The van der Waals surface area contributed by atoms with Crippen molar-refractivity contribution in [1.82, 2.24) is 0 Å². The Bertz CT molecular complexity index is 795. The normalized spacial score (nSPS) is 11.9. The average Bonchev–Trinajstić information content (AvgIpc) is 2.62. The molecule has 0 aliphatic rings. The molecule has 0 aromatic heterocycles. The number of nitrogens with zero attached hydrogens (tertiary/aromatic N) is 2. The summed E-state index contributed by atoms with van der Waals surface area (Å²) in [4.78, 5) is 22.8. The number of carbonyl (C=O) groups is 2. The summed E-state index contributed by atoms with van der Waals surface area (Å²) in [5.74, 6) is -3.13. The minimum Gasteiger partial charge on any atom is -0.505 e. The van der Waals surface area contributed by atoms with Crippen LogP contribution in [-0.2, 0) is 9.59 Å². The average molecular weight is 326 g/mol. The Balaban J connectivity index is 2.45. The molecule has 122 valence electrons. The van der Waals surface area contributed by atoms with Gasteiger partial charge in [-0.2, -0.15) is 5.11 Å². The van der Waals surface area contributed by atoms with E-state index in [1.165, 1.54) is 19.2 Å². The molecule has 0 atom stereocenters. The van der Waals surface area contributed by atoms with Crippen molar-refractivity contribution >= 4 is 23.2 Å². The van der Waals surface area contributed by atoms with Crippen LogP contribution in [0.15, 0.2) is 70.5 Å². The second kappa shape index (κ2) is 7.68. The van der Waals surface area contributed by atoms with Gasteiger partial charge in [0.2, 0.25) is 0 Å². The highest BCUT2D eigenvalue weighted by molar-refractivity contribution is 6.40. The fourth-order valence-electron chi connectivity index (χ4n) is 1.79. The summed E-state index contributed by atoms with van der Waals surface area (Å²) >= 11 is 0. The lowest BCUT2D eigenvalue weighted by atomic mass is 10.1. The third kappa shape index (κ3) is 4.04. The molecule has 2 rings (SSSR count). The molecule has 0 aliphatic carbocycles. The monoisotopic (exact) mass is 326 g/mol. The number of carboxylic acids is 1. The molecule has 0 unspecified atom stereocenters. The van der Waals surface area contributed by atoms with Crippen LogP contribution in [0.2, 0.25) is 0 Å². The first-order chi connectivity index (χ1) is 11.5. The van der Waals surface area contributed by atoms with Gasteiger partial charge in [0, 0.05) is 5.56 Å². The summed E-state index contributed by atoms with van der Waals surface area (Å²) in [7, 11) is 1.48. The maximum absolute atomic E-state index is 11.8. The van der Waals surface area contributed by atoms with E-state index in [-0.39, 0.29) is 5.56 Å². The smallest absolute Gasteiger partial charge is 0.379 e. The highest BCUT2D eigenvalue weighted by Crippen LogP contribution is 2.22. The third-order valence-electron chi connectivity index (χ3n) is 3.02. The Morgan fingerprint density at radius 1 is 0.958 bits per heavy atom. The number of aliphatic hydroxyl groups is 1. The minimum absolute atomic E-state index is 0.215. The highest BCUT2D eigenvalue weighted by atomic mass is 16.5. The largest absolute Gasteiger partial charge is 0.505 e. The zero-order chi connectivity index (χ0) is 17.5. The molecule has 0 bridgehead atoms. The lowest BCUT2D eigenvalue weighted by Gasteiger charge is -2.05. The molecule has 0 saturated heterocycles. The quantitative estimate of drug-likeness (QED) is 0.366. The van der Waals surface area contributed by atoms with Gasteiger partial charge in [0.05, 0.1) is 12.8 Å². The van der Waals surface area contributed by atoms with Gasteiger partial charge in [0.15, 0.2) is 11.5 Å². The van der Waals surface area contributed by atoms with E-state index in [0.29, 0.717) is 11.4 Å². The lowest BCUT2D eigenvalue weighted by Crippen LogP contribution is -2.15. The zero-order valence-corrected chi connectivity index (χ0v) is 12.7. The molecule has 0 fully saturated rings. The summed E-state index contributed by atoms with van der Waals surface area (Å²) in [6.07, 6.45) is 0. The number of hydrogen-bond acceptors (Lipinski definition) is 6. The molecule has 24 heavy (non-hydrogen) atoms. The topological polar surface area (TPSA) is 109 Å². The standard InChI is InChI=1S/C17H14N2O5/c1-24-13-9-7-11(8-10-13)15(20)14(16(21)17(22)23)19-18-12-5-3-2-4-6-12/h2-10,20H,1H3,(H,22,23). The number of carboxylic acid groups (broad SMARTS) is 1. The van der Waals surface area contributed by atoms with Gasteiger partial charge in [0.1, 0.15) is 5.75 Å². The third-order valence-corrected chi connectivity index (χ3v) is 3.02. The molecule has 2 aromatic carbocycles. The number of carbonyl (C=O) groups excluding carboxylic acids is 1. The van der Waals surface area contributed by atoms with Gasteiger partial charge in [-0.1, -0.05) is 18.2 Å². The molecule has 0 amide bonds. The van der Waals surface area contributed by atoms with Gasteiger partial charge < -0.3 is 14.9 Å². The van der Waals surface area contributed by atoms with Crippen molar-refractivity contribution in [3.63, 3.8) is 0 Å². The number of benzene rings is 2. The Labute approximate surface area is 137 Å². The van der Waals surface area contributed by atoms with Gasteiger partial charge in [-0.25, -0.2) is 4.79 Å². The molecular formula is C17H14N2O5. The first-order valence-corrected chi connectivity index (χ1v) is 6.85. The summed E-state index contributed by atoms with van der Waals surface area (Å²) in [6.45, 7) is 0. The maximum atomic E-state index is 11.8. The Hall–Kier alpha value is -3.48. The van der Waals surface area contributed by atoms with E-state index in [0.717, 1.165) is 0 Å². The van der Waals surface area contributed by atoms with E-state index in [9.17, 15) is 14.7 Å². The van der Waals surface area contributed by atoms with Gasteiger partial charge in [0.25, 0.3) is 5.78 Å². The number of Topliss-reactive ketones (excluding diaryl/α,β-unsaturated/α-hetero) is 1. The van der Waals surface area contributed by atoms with Crippen molar-refractivity contribution < 1.29 is 24.5 Å². The summed E-state index contributed by atoms with van der Waals surface area (Å²) in [5, 5.41) is 26.6. The predicted molar refractivity (Wildman–Crippen MR) is 86.1 cm³/mol. The molecule has 7 heteroatoms. The second-order valence-corrected chi connectivity index (χ2v) is 4.60. The molecule has 2 aromatic rings. The number of methoxy groups -OCH3 is 1. The van der Waals surface area contributed by atoms with Crippen LogP contribution in [0.3, 0.4) is 0 Å². The molecular weight excluding hydrogens is 312 g/mol. The van der Waals surface area contributed by atoms with Crippen LogP contribution in [-0.4, -0.2) is 29.1 Å². The number of rotatable bonds is 6. The van der Waals surface area contributed by atoms with Crippen molar-refractivity contribution in [2.75, 3.05) is 7.11 Å². The molecule has 0 saturated carbocycles. The Morgan fingerprint density at radius 3 is 2.12 bits per heavy atom. The SMILES string of the molecule is COc1ccc(C(O)=C(N=Nc2ccccc2)C(=O)C(=O)O)cc1.